The van der Waals surface area contributed by atoms with Crippen molar-refractivity contribution in [3.63, 3.8) is 0 Å². The lowest BCUT2D eigenvalue weighted by Crippen LogP contribution is -2.26. The minimum atomic E-state index is -4.47. The van der Waals surface area contributed by atoms with Crippen LogP contribution in [0.1, 0.15) is 41.0 Å². The number of anilines is 1. The van der Waals surface area contributed by atoms with Crippen LogP contribution in [0.5, 0.6) is 5.75 Å². The number of amides is 1. The lowest BCUT2D eigenvalue weighted by Gasteiger charge is -2.19. The van der Waals surface area contributed by atoms with Crippen LogP contribution >= 0.6 is 0 Å². The van der Waals surface area contributed by atoms with Crippen molar-refractivity contribution < 1.29 is 22.7 Å². The number of carbonyl (C=O) groups excluding carboxylic acids is 1. The van der Waals surface area contributed by atoms with Gasteiger partial charge in [-0.25, -0.2) is 4.98 Å². The van der Waals surface area contributed by atoms with Crippen LogP contribution in [-0.4, -0.2) is 39.9 Å². The molecule has 10 heteroatoms. The summed E-state index contributed by atoms with van der Waals surface area (Å²) < 4.78 is 46.4. The fourth-order valence-corrected chi connectivity index (χ4v) is 3.72. The zero-order valence-electron chi connectivity index (χ0n) is 18.2. The molecule has 0 bridgehead atoms. The third-order valence-electron chi connectivity index (χ3n) is 5.49. The summed E-state index contributed by atoms with van der Waals surface area (Å²) in [6.45, 7) is 2.91. The smallest absolute Gasteiger partial charge is 0.433 e. The molecule has 2 atom stereocenters. The van der Waals surface area contributed by atoms with Gasteiger partial charge in [-0.1, -0.05) is 18.2 Å². The minimum Gasteiger partial charge on any atom is -0.489 e. The van der Waals surface area contributed by atoms with Crippen LogP contribution in [0, 0.1) is 0 Å². The molecule has 1 aliphatic rings. The SMILES string of the molecule is C[C@H](NC(=O)c1cnn(C)c1)c1ccc(O[C@@H]2CCN(c3cccc(C(F)(F)F)n3)C2)cc1. The number of nitrogens with one attached hydrogen (secondary N) is 1. The van der Waals surface area contributed by atoms with E-state index in [0.29, 0.717) is 36.6 Å². The Labute approximate surface area is 189 Å². The second kappa shape index (κ2) is 9.13. The lowest BCUT2D eigenvalue weighted by atomic mass is 10.1. The van der Waals surface area contributed by atoms with Crippen molar-refractivity contribution in [2.45, 2.75) is 31.7 Å². The second-order valence-corrected chi connectivity index (χ2v) is 8.02. The lowest BCUT2D eigenvalue weighted by molar-refractivity contribution is -0.141. The molecule has 1 fully saturated rings. The molecule has 174 valence electrons. The van der Waals surface area contributed by atoms with Crippen molar-refractivity contribution in [3.05, 3.63) is 71.7 Å². The van der Waals surface area contributed by atoms with Gasteiger partial charge in [-0.3, -0.25) is 9.48 Å². The van der Waals surface area contributed by atoms with E-state index in [4.69, 9.17) is 4.74 Å². The van der Waals surface area contributed by atoms with E-state index in [-0.39, 0.29) is 18.1 Å². The van der Waals surface area contributed by atoms with E-state index in [1.165, 1.54) is 12.3 Å². The molecule has 4 rings (SSSR count). The third kappa shape index (κ3) is 5.44. The van der Waals surface area contributed by atoms with Gasteiger partial charge >= 0.3 is 6.18 Å². The van der Waals surface area contributed by atoms with Gasteiger partial charge in [-0.05, 0) is 36.8 Å². The molecule has 1 saturated heterocycles. The molecule has 7 nitrogen and oxygen atoms in total. The summed E-state index contributed by atoms with van der Waals surface area (Å²) in [5.41, 5.74) is 0.510. The Balaban J connectivity index is 1.33. The average molecular weight is 459 g/mol. The van der Waals surface area contributed by atoms with E-state index in [0.717, 1.165) is 11.6 Å². The van der Waals surface area contributed by atoms with Crippen LogP contribution in [0.2, 0.25) is 0 Å². The highest BCUT2D eigenvalue weighted by atomic mass is 19.4. The van der Waals surface area contributed by atoms with Gasteiger partial charge in [0.2, 0.25) is 0 Å². The second-order valence-electron chi connectivity index (χ2n) is 8.02. The average Bonchev–Trinajstić information content (AvgIpc) is 3.43. The van der Waals surface area contributed by atoms with Crippen LogP contribution < -0.4 is 15.0 Å². The molecule has 3 heterocycles. The van der Waals surface area contributed by atoms with Gasteiger partial charge in [0.15, 0.2) is 0 Å². The van der Waals surface area contributed by atoms with Crippen molar-refractivity contribution in [2.24, 2.45) is 7.05 Å². The number of benzene rings is 1. The molecule has 1 aromatic carbocycles. The van der Waals surface area contributed by atoms with E-state index in [2.05, 4.69) is 15.4 Å². The predicted molar refractivity (Wildman–Crippen MR) is 116 cm³/mol. The van der Waals surface area contributed by atoms with E-state index in [1.54, 1.807) is 28.9 Å². The quantitative estimate of drug-likeness (QED) is 0.604. The van der Waals surface area contributed by atoms with Crippen molar-refractivity contribution in [2.75, 3.05) is 18.0 Å². The van der Waals surface area contributed by atoms with Gasteiger partial charge in [0.05, 0.1) is 24.3 Å². The number of hydrogen-bond donors (Lipinski definition) is 1. The number of alkyl halides is 3. The highest BCUT2D eigenvalue weighted by Gasteiger charge is 2.33. The molecule has 0 unspecified atom stereocenters. The van der Waals surface area contributed by atoms with Crippen molar-refractivity contribution >= 4 is 11.7 Å². The molecular formula is C23H24F3N5O2. The van der Waals surface area contributed by atoms with Gasteiger partial charge in [0.25, 0.3) is 5.91 Å². The molecule has 1 N–H and O–H groups in total. The van der Waals surface area contributed by atoms with Gasteiger partial charge in [0.1, 0.15) is 23.4 Å². The van der Waals surface area contributed by atoms with Crippen molar-refractivity contribution in [3.8, 4) is 5.75 Å². The van der Waals surface area contributed by atoms with Gasteiger partial charge < -0.3 is 15.0 Å². The number of halogens is 3. The number of carbonyl (C=O) groups is 1. The molecule has 2 aromatic heterocycles. The number of nitrogens with zero attached hydrogens (tertiary/aromatic N) is 4. The maximum atomic E-state index is 12.9. The first-order valence-electron chi connectivity index (χ1n) is 10.5. The number of ether oxygens (including phenoxy) is 1. The third-order valence-corrected chi connectivity index (χ3v) is 5.49. The summed E-state index contributed by atoms with van der Waals surface area (Å²) in [6, 6.07) is 11.1. The fraction of sp³-hybridized carbons (Fsp3) is 0.348. The Morgan fingerprint density at radius 1 is 1.21 bits per heavy atom. The molecule has 1 amide bonds. The molecule has 0 spiro atoms. The Morgan fingerprint density at radius 3 is 2.64 bits per heavy atom. The summed E-state index contributed by atoms with van der Waals surface area (Å²) in [5, 5.41) is 6.93. The normalized spacial score (nSPS) is 17.1. The predicted octanol–water partition coefficient (Wildman–Crippen LogP) is 3.98. The number of aromatic nitrogens is 3. The minimum absolute atomic E-state index is 0.158. The Bertz CT molecular complexity index is 1110. The molecule has 0 radical (unpaired) electrons. The van der Waals surface area contributed by atoms with Crippen LogP contribution in [0.3, 0.4) is 0 Å². The number of rotatable bonds is 6. The summed E-state index contributed by atoms with van der Waals surface area (Å²) >= 11 is 0. The molecule has 0 aliphatic carbocycles. The summed E-state index contributed by atoms with van der Waals surface area (Å²) in [7, 11) is 1.75. The van der Waals surface area contributed by atoms with Gasteiger partial charge in [-0.15, -0.1) is 0 Å². The Kier molecular flexibility index (Phi) is 6.26. The molecule has 33 heavy (non-hydrogen) atoms. The highest BCUT2D eigenvalue weighted by Crippen LogP contribution is 2.30. The van der Waals surface area contributed by atoms with E-state index < -0.39 is 11.9 Å². The topological polar surface area (TPSA) is 72.3 Å². The van der Waals surface area contributed by atoms with E-state index in [9.17, 15) is 18.0 Å². The monoisotopic (exact) mass is 459 g/mol. The number of pyridine rings is 1. The number of aryl methyl sites for hydroxylation is 1. The summed E-state index contributed by atoms with van der Waals surface area (Å²) in [4.78, 5) is 17.8. The maximum Gasteiger partial charge on any atom is 0.433 e. The molecule has 0 saturated carbocycles. The Hall–Kier alpha value is -3.56. The van der Waals surface area contributed by atoms with E-state index >= 15 is 0 Å². The highest BCUT2D eigenvalue weighted by molar-refractivity contribution is 5.93. The molecule has 3 aromatic rings. The summed E-state index contributed by atoms with van der Waals surface area (Å²) in [6.07, 6.45) is -0.786. The van der Waals surface area contributed by atoms with Crippen LogP contribution in [0.15, 0.2) is 54.9 Å². The van der Waals surface area contributed by atoms with Crippen LogP contribution in [-0.2, 0) is 13.2 Å². The van der Waals surface area contributed by atoms with E-state index in [1.807, 2.05) is 31.2 Å². The zero-order valence-corrected chi connectivity index (χ0v) is 18.2. The van der Waals surface area contributed by atoms with Gasteiger partial charge in [0, 0.05) is 26.2 Å². The van der Waals surface area contributed by atoms with Crippen molar-refractivity contribution in [1.82, 2.24) is 20.1 Å². The first kappa shape index (κ1) is 22.6. The first-order chi connectivity index (χ1) is 15.7. The standard InChI is InChI=1S/C23H24F3N5O2/c1-15(28-22(32)17-12-27-30(2)13-17)16-6-8-18(9-7-16)33-19-10-11-31(14-19)21-5-3-4-20(29-21)23(24,25)26/h3-9,12-13,15,19H,10-11,14H2,1-2H3,(H,28,32)/t15-,19+/m0/s1. The molecular weight excluding hydrogens is 435 g/mol. The van der Waals surface area contributed by atoms with Gasteiger partial charge in [-0.2, -0.15) is 18.3 Å². The number of hydrogen-bond acceptors (Lipinski definition) is 5. The van der Waals surface area contributed by atoms with Crippen molar-refractivity contribution in [1.29, 1.82) is 0 Å². The van der Waals surface area contributed by atoms with Crippen LogP contribution in [0.25, 0.3) is 0 Å². The maximum absolute atomic E-state index is 12.9. The largest absolute Gasteiger partial charge is 0.489 e. The Morgan fingerprint density at radius 2 is 1.97 bits per heavy atom. The van der Waals surface area contributed by atoms with Crippen LogP contribution in [0.4, 0.5) is 19.0 Å². The first-order valence-corrected chi connectivity index (χ1v) is 10.5. The zero-order chi connectivity index (χ0) is 23.6. The summed E-state index contributed by atoms with van der Waals surface area (Å²) in [5.74, 6) is 0.753. The molecule has 1 aliphatic heterocycles. The fourth-order valence-electron chi connectivity index (χ4n) is 3.72.